The van der Waals surface area contributed by atoms with Crippen molar-refractivity contribution in [1.29, 1.82) is 5.26 Å². The monoisotopic (exact) mass is 302 g/mol. The molecule has 0 N–H and O–H groups in total. The molecule has 0 saturated heterocycles. The molecule has 4 nitrogen and oxygen atoms in total. The molecule has 5 heteroatoms. The van der Waals surface area contributed by atoms with Crippen molar-refractivity contribution in [2.45, 2.75) is 6.54 Å². The number of hydrogen-bond acceptors (Lipinski definition) is 4. The van der Waals surface area contributed by atoms with Crippen molar-refractivity contribution < 1.29 is 0 Å². The maximum Gasteiger partial charge on any atom is 0.225 e. The fraction of sp³-hybridized carbons (Fsp3) is 0.154. The fourth-order valence-corrected chi connectivity index (χ4v) is 1.79. The molecule has 0 unspecified atom stereocenters. The minimum atomic E-state index is 0.653. The van der Waals surface area contributed by atoms with E-state index in [1.54, 1.807) is 18.5 Å². The van der Waals surface area contributed by atoms with Crippen molar-refractivity contribution in [2.24, 2.45) is 0 Å². The van der Waals surface area contributed by atoms with Crippen molar-refractivity contribution in [3.8, 4) is 6.07 Å². The SMILES string of the molecule is CN(Cc1cccc(C#N)c1)c1ncc(Br)cn1. The number of hydrogen-bond donors (Lipinski definition) is 0. The number of nitrogens with zero attached hydrogens (tertiary/aromatic N) is 4. The van der Waals surface area contributed by atoms with Crippen LogP contribution in [-0.2, 0) is 6.54 Å². The van der Waals surface area contributed by atoms with Gasteiger partial charge in [0.2, 0.25) is 5.95 Å². The molecule has 0 atom stereocenters. The van der Waals surface area contributed by atoms with Gasteiger partial charge in [-0.1, -0.05) is 12.1 Å². The second-order valence-electron chi connectivity index (χ2n) is 3.87. The highest BCUT2D eigenvalue weighted by atomic mass is 79.9. The van der Waals surface area contributed by atoms with Crippen LogP contribution in [0.25, 0.3) is 0 Å². The third-order valence-electron chi connectivity index (χ3n) is 2.42. The number of anilines is 1. The normalized spacial score (nSPS) is 9.83. The van der Waals surface area contributed by atoms with E-state index in [1.807, 2.05) is 30.1 Å². The van der Waals surface area contributed by atoms with E-state index in [2.05, 4.69) is 32.0 Å². The molecule has 2 rings (SSSR count). The van der Waals surface area contributed by atoms with Gasteiger partial charge in [-0.05, 0) is 33.6 Å². The predicted molar refractivity (Wildman–Crippen MR) is 73.0 cm³/mol. The summed E-state index contributed by atoms with van der Waals surface area (Å²) in [6.45, 7) is 0.664. The summed E-state index contributed by atoms with van der Waals surface area (Å²) in [5.74, 6) is 0.653. The lowest BCUT2D eigenvalue weighted by atomic mass is 10.1. The number of nitriles is 1. The third kappa shape index (κ3) is 3.05. The first-order valence-electron chi connectivity index (χ1n) is 5.37. The summed E-state index contributed by atoms with van der Waals surface area (Å²) in [5, 5.41) is 8.85. The van der Waals surface area contributed by atoms with Gasteiger partial charge in [0, 0.05) is 26.0 Å². The second-order valence-corrected chi connectivity index (χ2v) is 4.79. The molecule has 1 heterocycles. The standard InChI is InChI=1S/C13H11BrN4/c1-18(13-16-7-12(14)8-17-13)9-11-4-2-3-10(5-11)6-15/h2-5,7-8H,9H2,1H3. The van der Waals surface area contributed by atoms with Crippen LogP contribution < -0.4 is 4.90 Å². The molecule has 0 saturated carbocycles. The van der Waals surface area contributed by atoms with Gasteiger partial charge in [0.25, 0.3) is 0 Å². The molecule has 0 radical (unpaired) electrons. The molecular formula is C13H11BrN4. The van der Waals surface area contributed by atoms with Crippen LogP contribution in [0.15, 0.2) is 41.1 Å². The topological polar surface area (TPSA) is 52.8 Å². The molecule has 1 aromatic carbocycles. The van der Waals surface area contributed by atoms with Crippen LogP contribution >= 0.6 is 15.9 Å². The Morgan fingerprint density at radius 3 is 2.72 bits per heavy atom. The number of aromatic nitrogens is 2. The highest BCUT2D eigenvalue weighted by Gasteiger charge is 2.05. The van der Waals surface area contributed by atoms with Crippen LogP contribution in [0.1, 0.15) is 11.1 Å². The molecule has 18 heavy (non-hydrogen) atoms. The zero-order valence-corrected chi connectivity index (χ0v) is 11.4. The van der Waals surface area contributed by atoms with Crippen molar-refractivity contribution in [3.63, 3.8) is 0 Å². The Kier molecular flexibility index (Phi) is 3.90. The third-order valence-corrected chi connectivity index (χ3v) is 2.83. The highest BCUT2D eigenvalue weighted by Crippen LogP contribution is 2.13. The summed E-state index contributed by atoms with van der Waals surface area (Å²) in [7, 11) is 1.92. The van der Waals surface area contributed by atoms with Crippen LogP contribution in [0, 0.1) is 11.3 Å². The average molecular weight is 303 g/mol. The zero-order chi connectivity index (χ0) is 13.0. The lowest BCUT2D eigenvalue weighted by Gasteiger charge is -2.16. The number of rotatable bonds is 3. The Morgan fingerprint density at radius 2 is 2.06 bits per heavy atom. The van der Waals surface area contributed by atoms with Gasteiger partial charge in [0.05, 0.1) is 16.1 Å². The molecule has 90 valence electrons. The van der Waals surface area contributed by atoms with Gasteiger partial charge in [-0.3, -0.25) is 0 Å². The van der Waals surface area contributed by atoms with Crippen LogP contribution in [0.2, 0.25) is 0 Å². The molecule has 0 amide bonds. The summed E-state index contributed by atoms with van der Waals surface area (Å²) in [5.41, 5.74) is 1.72. The maximum absolute atomic E-state index is 8.85. The lowest BCUT2D eigenvalue weighted by Crippen LogP contribution is -2.18. The molecule has 0 bridgehead atoms. The van der Waals surface area contributed by atoms with Gasteiger partial charge in [-0.25, -0.2) is 9.97 Å². The van der Waals surface area contributed by atoms with Crippen molar-refractivity contribution in [3.05, 3.63) is 52.3 Å². The Labute approximate surface area is 114 Å². The molecule has 1 aromatic heterocycles. The van der Waals surface area contributed by atoms with Crippen LogP contribution in [0.3, 0.4) is 0 Å². The van der Waals surface area contributed by atoms with E-state index in [0.29, 0.717) is 18.1 Å². The molecular weight excluding hydrogens is 292 g/mol. The van der Waals surface area contributed by atoms with Gasteiger partial charge in [0.15, 0.2) is 0 Å². The maximum atomic E-state index is 8.85. The molecule has 0 aliphatic carbocycles. The quantitative estimate of drug-likeness (QED) is 0.875. The smallest absolute Gasteiger partial charge is 0.225 e. The Balaban J connectivity index is 2.13. The summed E-state index contributed by atoms with van der Waals surface area (Å²) in [6.07, 6.45) is 3.43. The first-order valence-corrected chi connectivity index (χ1v) is 6.16. The van der Waals surface area contributed by atoms with Crippen molar-refractivity contribution in [1.82, 2.24) is 9.97 Å². The number of halogens is 1. The summed E-state index contributed by atoms with van der Waals surface area (Å²) >= 11 is 3.30. The summed E-state index contributed by atoms with van der Waals surface area (Å²) in [6, 6.07) is 9.66. The van der Waals surface area contributed by atoms with Crippen LogP contribution in [0.5, 0.6) is 0 Å². The van der Waals surface area contributed by atoms with Crippen LogP contribution in [-0.4, -0.2) is 17.0 Å². The molecule has 0 aliphatic heterocycles. The zero-order valence-electron chi connectivity index (χ0n) is 9.84. The van der Waals surface area contributed by atoms with E-state index < -0.39 is 0 Å². The summed E-state index contributed by atoms with van der Waals surface area (Å²) < 4.78 is 0.853. The Morgan fingerprint density at radius 1 is 1.33 bits per heavy atom. The van der Waals surface area contributed by atoms with Gasteiger partial charge >= 0.3 is 0 Å². The van der Waals surface area contributed by atoms with E-state index >= 15 is 0 Å². The van der Waals surface area contributed by atoms with E-state index in [-0.39, 0.29) is 0 Å². The van der Waals surface area contributed by atoms with Gasteiger partial charge in [-0.2, -0.15) is 5.26 Å². The first-order chi connectivity index (χ1) is 8.69. The molecule has 2 aromatic rings. The lowest BCUT2D eigenvalue weighted by molar-refractivity contribution is 0.864. The minimum absolute atomic E-state index is 0.653. The molecule has 0 aliphatic rings. The first kappa shape index (κ1) is 12.5. The predicted octanol–water partition coefficient (Wildman–Crippen LogP) is 2.75. The van der Waals surface area contributed by atoms with Gasteiger partial charge < -0.3 is 4.90 Å². The average Bonchev–Trinajstić information content (AvgIpc) is 2.39. The van der Waals surface area contributed by atoms with E-state index in [1.165, 1.54) is 0 Å². The number of benzene rings is 1. The van der Waals surface area contributed by atoms with Crippen molar-refractivity contribution in [2.75, 3.05) is 11.9 Å². The Hall–Kier alpha value is -1.93. The van der Waals surface area contributed by atoms with Gasteiger partial charge in [0.1, 0.15) is 0 Å². The van der Waals surface area contributed by atoms with Crippen molar-refractivity contribution >= 4 is 21.9 Å². The fourth-order valence-electron chi connectivity index (χ4n) is 1.59. The van der Waals surface area contributed by atoms with E-state index in [4.69, 9.17) is 5.26 Å². The second kappa shape index (κ2) is 5.61. The van der Waals surface area contributed by atoms with E-state index in [9.17, 15) is 0 Å². The molecule has 0 fully saturated rings. The van der Waals surface area contributed by atoms with E-state index in [0.717, 1.165) is 10.0 Å². The van der Waals surface area contributed by atoms with Gasteiger partial charge in [-0.15, -0.1) is 0 Å². The largest absolute Gasteiger partial charge is 0.340 e. The summed E-state index contributed by atoms with van der Waals surface area (Å²) in [4.78, 5) is 10.4. The Bertz CT molecular complexity index is 574. The highest BCUT2D eigenvalue weighted by molar-refractivity contribution is 9.10. The van der Waals surface area contributed by atoms with Crippen LogP contribution in [0.4, 0.5) is 5.95 Å². The minimum Gasteiger partial charge on any atom is -0.340 e. The molecule has 0 spiro atoms.